The minimum atomic E-state index is -2.78. The molecule has 1 N–H and O–H groups in total. The van der Waals surface area contributed by atoms with Crippen molar-refractivity contribution >= 4 is 9.84 Å². The maximum absolute atomic E-state index is 12.0. The van der Waals surface area contributed by atoms with Gasteiger partial charge in [0.15, 0.2) is 9.84 Å². The van der Waals surface area contributed by atoms with Crippen LogP contribution in [0.1, 0.15) is 32.1 Å². The van der Waals surface area contributed by atoms with E-state index in [2.05, 4.69) is 5.32 Å². The topological polar surface area (TPSA) is 46.2 Å². The van der Waals surface area contributed by atoms with Crippen LogP contribution in [0.25, 0.3) is 0 Å². The number of sulfone groups is 1. The molecule has 0 aromatic heterocycles. The molecule has 0 spiro atoms. The van der Waals surface area contributed by atoms with E-state index in [-0.39, 0.29) is 5.25 Å². The molecular formula is C10H19NO2S. The van der Waals surface area contributed by atoms with Gasteiger partial charge in [0.05, 0.1) is 11.0 Å². The van der Waals surface area contributed by atoms with Gasteiger partial charge in [-0.15, -0.1) is 0 Å². The highest BCUT2D eigenvalue weighted by molar-refractivity contribution is 7.92. The van der Waals surface area contributed by atoms with Crippen LogP contribution in [0.3, 0.4) is 0 Å². The predicted octanol–water partition coefficient (Wildman–Crippen LogP) is 0.953. The largest absolute Gasteiger partial charge is 0.316 e. The summed E-state index contributed by atoms with van der Waals surface area (Å²) in [5.74, 6) is 0.812. The van der Waals surface area contributed by atoms with E-state index in [4.69, 9.17) is 0 Å². The normalized spacial score (nSPS) is 26.0. The van der Waals surface area contributed by atoms with Gasteiger partial charge in [-0.1, -0.05) is 19.3 Å². The van der Waals surface area contributed by atoms with Crippen LogP contribution in [0.4, 0.5) is 0 Å². The average Bonchev–Trinajstić information content (AvgIpc) is 2.13. The molecule has 0 aromatic rings. The van der Waals surface area contributed by atoms with Gasteiger partial charge in [0, 0.05) is 13.1 Å². The Kier molecular flexibility index (Phi) is 3.12. The van der Waals surface area contributed by atoms with E-state index in [9.17, 15) is 8.42 Å². The molecule has 2 aliphatic rings. The van der Waals surface area contributed by atoms with Gasteiger partial charge in [0.2, 0.25) is 0 Å². The first-order valence-electron chi connectivity index (χ1n) is 5.61. The maximum atomic E-state index is 12.0. The third-order valence-electron chi connectivity index (χ3n) is 3.39. The number of hydrogen-bond acceptors (Lipinski definition) is 3. The molecule has 4 heteroatoms. The zero-order valence-electron chi connectivity index (χ0n) is 8.54. The van der Waals surface area contributed by atoms with Gasteiger partial charge in [-0.3, -0.25) is 0 Å². The zero-order valence-corrected chi connectivity index (χ0v) is 9.35. The van der Waals surface area contributed by atoms with E-state index in [1.807, 2.05) is 0 Å². The number of hydrogen-bond donors (Lipinski definition) is 1. The Balaban J connectivity index is 1.91. The number of rotatable bonds is 3. The van der Waals surface area contributed by atoms with Crippen LogP contribution in [-0.4, -0.2) is 32.5 Å². The van der Waals surface area contributed by atoms with Crippen molar-refractivity contribution in [3.05, 3.63) is 0 Å². The molecule has 2 rings (SSSR count). The molecule has 0 unspecified atom stereocenters. The van der Waals surface area contributed by atoms with Crippen molar-refractivity contribution in [2.75, 3.05) is 18.8 Å². The van der Waals surface area contributed by atoms with Crippen LogP contribution in [-0.2, 0) is 9.84 Å². The van der Waals surface area contributed by atoms with E-state index in [0.29, 0.717) is 11.7 Å². The molecular weight excluding hydrogens is 198 g/mol. The Hall–Kier alpha value is -0.0900. The predicted molar refractivity (Wildman–Crippen MR) is 57.0 cm³/mol. The van der Waals surface area contributed by atoms with Crippen molar-refractivity contribution < 1.29 is 8.42 Å². The Morgan fingerprint density at radius 3 is 2.21 bits per heavy atom. The molecule has 82 valence electrons. The van der Waals surface area contributed by atoms with E-state index in [0.717, 1.165) is 38.8 Å². The SMILES string of the molecule is O=S(=O)(CC1CNC1)C1CCCCC1. The summed E-state index contributed by atoms with van der Waals surface area (Å²) in [6.45, 7) is 1.79. The number of nitrogens with one attached hydrogen (secondary N) is 1. The lowest BCUT2D eigenvalue weighted by Gasteiger charge is -2.29. The second-order valence-electron chi connectivity index (χ2n) is 4.61. The van der Waals surface area contributed by atoms with E-state index >= 15 is 0 Å². The summed E-state index contributed by atoms with van der Waals surface area (Å²) in [6.07, 6.45) is 5.24. The Labute approximate surface area is 86.2 Å². The minimum Gasteiger partial charge on any atom is -0.316 e. The standard InChI is InChI=1S/C10H19NO2S/c12-14(13,8-9-6-11-7-9)10-4-2-1-3-5-10/h9-11H,1-8H2. The van der Waals surface area contributed by atoms with Crippen molar-refractivity contribution in [1.29, 1.82) is 0 Å². The van der Waals surface area contributed by atoms with E-state index < -0.39 is 9.84 Å². The first-order chi connectivity index (χ1) is 6.68. The molecule has 0 atom stereocenters. The summed E-state index contributed by atoms with van der Waals surface area (Å²) < 4.78 is 23.9. The summed E-state index contributed by atoms with van der Waals surface area (Å²) >= 11 is 0. The van der Waals surface area contributed by atoms with Crippen LogP contribution in [0.5, 0.6) is 0 Å². The molecule has 14 heavy (non-hydrogen) atoms. The summed E-state index contributed by atoms with van der Waals surface area (Å²) in [5.41, 5.74) is 0. The van der Waals surface area contributed by atoms with Crippen LogP contribution >= 0.6 is 0 Å². The quantitative estimate of drug-likeness (QED) is 0.765. The van der Waals surface area contributed by atoms with Gasteiger partial charge in [-0.05, 0) is 18.8 Å². The first kappa shape index (κ1) is 10.4. The maximum Gasteiger partial charge on any atom is 0.153 e. The molecule has 0 bridgehead atoms. The molecule has 1 aliphatic heterocycles. The third-order valence-corrected chi connectivity index (χ3v) is 5.82. The lowest BCUT2D eigenvalue weighted by molar-refractivity contribution is 0.375. The van der Waals surface area contributed by atoms with Crippen LogP contribution in [0.15, 0.2) is 0 Å². The Morgan fingerprint density at radius 1 is 1.07 bits per heavy atom. The zero-order chi connectivity index (χ0) is 10.0. The summed E-state index contributed by atoms with van der Waals surface area (Å²) in [7, 11) is -2.78. The van der Waals surface area contributed by atoms with Crippen molar-refractivity contribution in [3.8, 4) is 0 Å². The van der Waals surface area contributed by atoms with E-state index in [1.165, 1.54) is 6.42 Å². The molecule has 1 heterocycles. The molecule has 0 amide bonds. The molecule has 1 saturated heterocycles. The lowest BCUT2D eigenvalue weighted by Crippen LogP contribution is -2.47. The monoisotopic (exact) mass is 217 g/mol. The fourth-order valence-electron chi connectivity index (χ4n) is 2.36. The van der Waals surface area contributed by atoms with Crippen LogP contribution in [0, 0.1) is 5.92 Å². The summed E-state index contributed by atoms with van der Waals surface area (Å²) in [6, 6.07) is 0. The molecule has 1 aliphatic carbocycles. The van der Waals surface area contributed by atoms with Gasteiger partial charge in [-0.25, -0.2) is 8.42 Å². The first-order valence-corrected chi connectivity index (χ1v) is 7.32. The average molecular weight is 217 g/mol. The molecule has 0 radical (unpaired) electrons. The van der Waals surface area contributed by atoms with Gasteiger partial charge in [0.25, 0.3) is 0 Å². The molecule has 0 aromatic carbocycles. The smallest absolute Gasteiger partial charge is 0.153 e. The van der Waals surface area contributed by atoms with Crippen LogP contribution < -0.4 is 5.32 Å². The van der Waals surface area contributed by atoms with Crippen molar-refractivity contribution in [3.63, 3.8) is 0 Å². The highest BCUT2D eigenvalue weighted by atomic mass is 32.2. The Morgan fingerprint density at radius 2 is 1.71 bits per heavy atom. The van der Waals surface area contributed by atoms with Crippen molar-refractivity contribution in [2.24, 2.45) is 5.92 Å². The van der Waals surface area contributed by atoms with Gasteiger partial charge in [-0.2, -0.15) is 0 Å². The second kappa shape index (κ2) is 4.19. The molecule has 1 saturated carbocycles. The highest BCUT2D eigenvalue weighted by Gasteiger charge is 2.31. The minimum absolute atomic E-state index is 0.0168. The van der Waals surface area contributed by atoms with E-state index in [1.54, 1.807) is 0 Å². The van der Waals surface area contributed by atoms with Crippen LogP contribution in [0.2, 0.25) is 0 Å². The molecule has 3 nitrogen and oxygen atoms in total. The highest BCUT2D eigenvalue weighted by Crippen LogP contribution is 2.25. The van der Waals surface area contributed by atoms with Gasteiger partial charge < -0.3 is 5.32 Å². The molecule has 2 fully saturated rings. The summed E-state index contributed by atoms with van der Waals surface area (Å²) in [4.78, 5) is 0. The van der Waals surface area contributed by atoms with Crippen molar-refractivity contribution in [1.82, 2.24) is 5.32 Å². The third kappa shape index (κ3) is 2.28. The second-order valence-corrected chi connectivity index (χ2v) is 6.94. The van der Waals surface area contributed by atoms with Gasteiger partial charge >= 0.3 is 0 Å². The van der Waals surface area contributed by atoms with Crippen molar-refractivity contribution in [2.45, 2.75) is 37.4 Å². The lowest BCUT2D eigenvalue weighted by atomic mass is 10.0. The Bertz CT molecular complexity index is 276. The fraction of sp³-hybridized carbons (Fsp3) is 1.00. The summed E-state index contributed by atoms with van der Waals surface area (Å²) in [5, 5.41) is 3.11. The fourth-order valence-corrected chi connectivity index (χ4v) is 4.57. The van der Waals surface area contributed by atoms with Gasteiger partial charge in [0.1, 0.15) is 0 Å².